The summed E-state index contributed by atoms with van der Waals surface area (Å²) in [6.45, 7) is 25.7. The standard InChI is InChI=1S/C9H20N2.C6H13NO.3C2H6/c1-7(2)11-6-8(3)10-5-9(11)4;1-8-6-2-4-7-5-3-6;3*1-2/h7-10H,5-6H2,1-4H3;6-7H,2-5H2,1H3;3*1-2H3/t8-,9+;;;;/m0..../s1. The molecule has 2 heterocycles. The zero-order chi connectivity index (χ0) is 20.3. The van der Waals surface area contributed by atoms with Crippen LogP contribution in [-0.4, -0.2) is 62.4 Å². The van der Waals surface area contributed by atoms with Crippen LogP contribution in [-0.2, 0) is 4.74 Å². The number of piperazine rings is 1. The summed E-state index contributed by atoms with van der Waals surface area (Å²) in [4.78, 5) is 2.56. The van der Waals surface area contributed by atoms with Crippen molar-refractivity contribution in [2.24, 2.45) is 0 Å². The van der Waals surface area contributed by atoms with E-state index >= 15 is 0 Å². The number of nitrogens with zero attached hydrogens (tertiary/aromatic N) is 1. The van der Waals surface area contributed by atoms with Gasteiger partial charge in [0.15, 0.2) is 0 Å². The molecule has 2 saturated heterocycles. The van der Waals surface area contributed by atoms with Gasteiger partial charge in [-0.1, -0.05) is 41.5 Å². The summed E-state index contributed by atoms with van der Waals surface area (Å²) in [5, 5.41) is 6.74. The molecular weight excluding hydrogens is 310 g/mol. The molecular formula is C21H51N3O. The summed E-state index contributed by atoms with van der Waals surface area (Å²) < 4.78 is 5.15. The van der Waals surface area contributed by atoms with E-state index in [4.69, 9.17) is 4.74 Å². The number of methoxy groups -OCH3 is 1. The van der Waals surface area contributed by atoms with E-state index in [9.17, 15) is 0 Å². The monoisotopic (exact) mass is 361 g/mol. The smallest absolute Gasteiger partial charge is 0.0595 e. The molecule has 2 aliphatic heterocycles. The number of ether oxygens (including phenoxy) is 1. The second-order valence-electron chi connectivity index (χ2n) is 6.13. The Bertz CT molecular complexity index is 231. The van der Waals surface area contributed by atoms with Gasteiger partial charge in [-0.25, -0.2) is 0 Å². The summed E-state index contributed by atoms with van der Waals surface area (Å²) in [6, 6.07) is 2.05. The van der Waals surface area contributed by atoms with Crippen molar-refractivity contribution >= 4 is 0 Å². The van der Waals surface area contributed by atoms with E-state index in [2.05, 4.69) is 43.2 Å². The first-order valence-electron chi connectivity index (χ1n) is 10.8. The van der Waals surface area contributed by atoms with Crippen LogP contribution >= 0.6 is 0 Å². The topological polar surface area (TPSA) is 36.5 Å². The lowest BCUT2D eigenvalue weighted by Crippen LogP contribution is -2.56. The van der Waals surface area contributed by atoms with Gasteiger partial charge in [0.1, 0.15) is 0 Å². The van der Waals surface area contributed by atoms with Crippen LogP contribution in [0.25, 0.3) is 0 Å². The zero-order valence-electron chi connectivity index (χ0n) is 19.4. The molecule has 0 radical (unpaired) electrons. The first kappa shape index (κ1) is 29.6. The van der Waals surface area contributed by atoms with Crippen molar-refractivity contribution in [1.82, 2.24) is 15.5 Å². The Hall–Kier alpha value is -0.160. The first-order chi connectivity index (χ1) is 12.0. The molecule has 0 spiro atoms. The van der Waals surface area contributed by atoms with Gasteiger partial charge in [-0.3, -0.25) is 4.90 Å². The van der Waals surface area contributed by atoms with E-state index in [0.29, 0.717) is 24.2 Å². The molecule has 2 N–H and O–H groups in total. The average Bonchev–Trinajstić information content (AvgIpc) is 2.69. The van der Waals surface area contributed by atoms with Crippen molar-refractivity contribution in [3.8, 4) is 0 Å². The fourth-order valence-corrected chi connectivity index (χ4v) is 2.80. The molecule has 0 bridgehead atoms. The molecule has 0 aromatic heterocycles. The molecule has 0 amide bonds. The van der Waals surface area contributed by atoms with Crippen molar-refractivity contribution in [2.45, 2.75) is 106 Å². The Morgan fingerprint density at radius 2 is 1.40 bits per heavy atom. The minimum Gasteiger partial charge on any atom is -0.381 e. The predicted octanol–water partition coefficient (Wildman–Crippen LogP) is 4.54. The molecule has 0 saturated carbocycles. The van der Waals surface area contributed by atoms with Crippen LogP contribution in [0.2, 0.25) is 0 Å². The Morgan fingerprint density at radius 3 is 1.72 bits per heavy atom. The lowest BCUT2D eigenvalue weighted by molar-refractivity contribution is 0.0765. The largest absolute Gasteiger partial charge is 0.381 e. The summed E-state index contributed by atoms with van der Waals surface area (Å²) in [5.74, 6) is 0. The maximum atomic E-state index is 5.15. The quantitative estimate of drug-likeness (QED) is 0.757. The number of hydrogen-bond acceptors (Lipinski definition) is 4. The SMILES string of the molecule is CC.CC.CC.CC(C)N1C[C@H](C)NC[C@H]1C.COC1CCNCC1. The highest BCUT2D eigenvalue weighted by Gasteiger charge is 2.23. The van der Waals surface area contributed by atoms with Crippen LogP contribution in [0, 0.1) is 0 Å². The molecule has 2 atom stereocenters. The normalized spacial score (nSPS) is 23.5. The minimum absolute atomic E-state index is 0.524. The van der Waals surface area contributed by atoms with Crippen molar-refractivity contribution in [2.75, 3.05) is 33.3 Å². The third-order valence-corrected chi connectivity index (χ3v) is 4.10. The highest BCUT2D eigenvalue weighted by molar-refractivity contribution is 4.82. The van der Waals surface area contributed by atoms with Gasteiger partial charge in [0.2, 0.25) is 0 Å². The van der Waals surface area contributed by atoms with Crippen LogP contribution in [0.5, 0.6) is 0 Å². The number of rotatable bonds is 2. The Kier molecular flexibility index (Phi) is 25.9. The predicted molar refractivity (Wildman–Crippen MR) is 116 cm³/mol. The maximum Gasteiger partial charge on any atom is 0.0595 e. The molecule has 4 nitrogen and oxygen atoms in total. The van der Waals surface area contributed by atoms with Crippen LogP contribution in [0.15, 0.2) is 0 Å². The van der Waals surface area contributed by atoms with Gasteiger partial charge in [0.05, 0.1) is 6.10 Å². The van der Waals surface area contributed by atoms with Crippen molar-refractivity contribution in [3.63, 3.8) is 0 Å². The maximum absolute atomic E-state index is 5.15. The summed E-state index contributed by atoms with van der Waals surface area (Å²) in [6.07, 6.45) is 2.88. The fraction of sp³-hybridized carbons (Fsp3) is 1.00. The molecule has 25 heavy (non-hydrogen) atoms. The van der Waals surface area contributed by atoms with E-state index < -0.39 is 0 Å². The van der Waals surface area contributed by atoms with Crippen molar-refractivity contribution in [3.05, 3.63) is 0 Å². The second kappa shape index (κ2) is 21.9. The van der Waals surface area contributed by atoms with E-state index in [1.54, 1.807) is 7.11 Å². The third kappa shape index (κ3) is 15.8. The summed E-state index contributed by atoms with van der Waals surface area (Å²) in [7, 11) is 1.79. The lowest BCUT2D eigenvalue weighted by atomic mass is 10.1. The molecule has 0 aromatic rings. The van der Waals surface area contributed by atoms with Crippen molar-refractivity contribution < 1.29 is 4.74 Å². The Labute approximate surface area is 160 Å². The highest BCUT2D eigenvalue weighted by Crippen LogP contribution is 2.09. The molecule has 4 heteroatoms. The van der Waals surface area contributed by atoms with Gasteiger partial charge in [-0.05, 0) is 53.6 Å². The Balaban J connectivity index is -0.000000305. The molecule has 156 valence electrons. The zero-order valence-corrected chi connectivity index (χ0v) is 19.4. The van der Waals surface area contributed by atoms with Gasteiger partial charge in [-0.2, -0.15) is 0 Å². The number of piperidine rings is 1. The first-order valence-corrected chi connectivity index (χ1v) is 10.8. The second-order valence-corrected chi connectivity index (χ2v) is 6.13. The van der Waals surface area contributed by atoms with E-state index in [1.165, 1.54) is 19.4 Å². The average molecular weight is 362 g/mol. The van der Waals surface area contributed by atoms with Crippen LogP contribution in [0.3, 0.4) is 0 Å². The molecule has 0 unspecified atom stereocenters. The highest BCUT2D eigenvalue weighted by atomic mass is 16.5. The van der Waals surface area contributed by atoms with Crippen molar-refractivity contribution in [1.29, 1.82) is 0 Å². The van der Waals surface area contributed by atoms with Gasteiger partial charge < -0.3 is 15.4 Å². The van der Waals surface area contributed by atoms with Crippen LogP contribution < -0.4 is 10.6 Å². The Morgan fingerprint density at radius 1 is 0.920 bits per heavy atom. The van der Waals surface area contributed by atoms with Crippen LogP contribution in [0.4, 0.5) is 0 Å². The third-order valence-electron chi connectivity index (χ3n) is 4.10. The number of nitrogens with one attached hydrogen (secondary N) is 2. The summed E-state index contributed by atoms with van der Waals surface area (Å²) >= 11 is 0. The molecule has 2 fully saturated rings. The van der Waals surface area contributed by atoms with E-state index in [-0.39, 0.29) is 0 Å². The number of hydrogen-bond donors (Lipinski definition) is 2. The van der Waals surface area contributed by atoms with Gasteiger partial charge in [0.25, 0.3) is 0 Å². The minimum atomic E-state index is 0.524. The van der Waals surface area contributed by atoms with E-state index in [1.807, 2.05) is 41.5 Å². The van der Waals surface area contributed by atoms with Gasteiger partial charge >= 0.3 is 0 Å². The summed E-state index contributed by atoms with van der Waals surface area (Å²) in [5.41, 5.74) is 0. The van der Waals surface area contributed by atoms with Crippen LogP contribution in [0.1, 0.15) is 82.1 Å². The fourth-order valence-electron chi connectivity index (χ4n) is 2.80. The van der Waals surface area contributed by atoms with Gasteiger partial charge in [0, 0.05) is 38.3 Å². The molecule has 2 aliphatic rings. The molecule has 0 aliphatic carbocycles. The molecule has 2 rings (SSSR count). The van der Waals surface area contributed by atoms with Gasteiger partial charge in [-0.15, -0.1) is 0 Å². The van der Waals surface area contributed by atoms with E-state index in [0.717, 1.165) is 19.6 Å². The molecule has 0 aromatic carbocycles. The lowest BCUT2D eigenvalue weighted by Gasteiger charge is -2.40.